The van der Waals surface area contributed by atoms with Gasteiger partial charge in [0.1, 0.15) is 5.82 Å². The summed E-state index contributed by atoms with van der Waals surface area (Å²) in [5.74, 6) is 0.189. The molecular formula is C22H29FN2O4. The van der Waals surface area contributed by atoms with E-state index in [-0.39, 0.29) is 25.4 Å². The number of benzene rings is 1. The summed E-state index contributed by atoms with van der Waals surface area (Å²) in [4.78, 5) is 30.2. The average molecular weight is 404 g/mol. The molecule has 1 aromatic heterocycles. The smallest absolute Gasteiger partial charge is 0.306 e. The highest BCUT2D eigenvalue weighted by atomic mass is 19.1. The highest BCUT2D eigenvalue weighted by Crippen LogP contribution is 2.23. The predicted octanol–water partition coefficient (Wildman–Crippen LogP) is 4.10. The fourth-order valence-electron chi connectivity index (χ4n) is 2.89. The first-order valence-electron chi connectivity index (χ1n) is 9.89. The first-order chi connectivity index (χ1) is 13.8. The van der Waals surface area contributed by atoms with E-state index in [1.807, 2.05) is 27.7 Å². The maximum Gasteiger partial charge on any atom is 0.306 e. The van der Waals surface area contributed by atoms with Gasteiger partial charge in [0.25, 0.3) is 5.91 Å². The highest BCUT2D eigenvalue weighted by molar-refractivity contribution is 5.80. The van der Waals surface area contributed by atoms with Crippen LogP contribution in [0.5, 0.6) is 0 Å². The van der Waals surface area contributed by atoms with Gasteiger partial charge in [-0.05, 0) is 24.0 Å². The molecule has 0 aliphatic rings. The van der Waals surface area contributed by atoms with Gasteiger partial charge in [-0.3, -0.25) is 9.59 Å². The van der Waals surface area contributed by atoms with Crippen molar-refractivity contribution in [3.63, 3.8) is 0 Å². The quantitative estimate of drug-likeness (QED) is 0.558. The van der Waals surface area contributed by atoms with Gasteiger partial charge in [0, 0.05) is 19.5 Å². The van der Waals surface area contributed by atoms with E-state index in [0.717, 1.165) is 0 Å². The van der Waals surface area contributed by atoms with E-state index >= 15 is 0 Å². The number of nitrogens with zero attached hydrogens (tertiary/aromatic N) is 2. The lowest BCUT2D eigenvalue weighted by Crippen LogP contribution is -2.39. The summed E-state index contributed by atoms with van der Waals surface area (Å²) in [6.45, 7) is 9.14. The van der Waals surface area contributed by atoms with Crippen LogP contribution in [0.25, 0.3) is 11.3 Å². The van der Waals surface area contributed by atoms with Gasteiger partial charge in [0.15, 0.2) is 18.3 Å². The van der Waals surface area contributed by atoms with E-state index in [4.69, 9.17) is 9.15 Å². The SMILES string of the molecule is CC(C)CN(CC(C)C)C(=O)COC(=O)CCc1ncc(-c2ccccc2F)o1. The lowest BCUT2D eigenvalue weighted by Gasteiger charge is -2.26. The lowest BCUT2D eigenvalue weighted by atomic mass is 10.1. The van der Waals surface area contributed by atoms with Crippen LogP contribution in [0, 0.1) is 17.7 Å². The minimum absolute atomic E-state index is 0.0267. The number of oxazole rings is 1. The van der Waals surface area contributed by atoms with Crippen LogP contribution in [0.2, 0.25) is 0 Å². The second-order valence-corrected chi connectivity index (χ2v) is 7.85. The van der Waals surface area contributed by atoms with Crippen molar-refractivity contribution in [3.8, 4) is 11.3 Å². The zero-order chi connectivity index (χ0) is 21.4. The summed E-state index contributed by atoms with van der Waals surface area (Å²) in [5.41, 5.74) is 0.315. The van der Waals surface area contributed by atoms with E-state index in [0.29, 0.717) is 42.1 Å². The van der Waals surface area contributed by atoms with Crippen LogP contribution < -0.4 is 0 Å². The zero-order valence-electron chi connectivity index (χ0n) is 17.5. The van der Waals surface area contributed by atoms with Crippen LogP contribution in [0.1, 0.15) is 40.0 Å². The van der Waals surface area contributed by atoms with Gasteiger partial charge in [-0.25, -0.2) is 9.37 Å². The Hall–Kier alpha value is -2.70. The molecule has 0 saturated heterocycles. The molecule has 2 aromatic rings. The summed E-state index contributed by atoms with van der Waals surface area (Å²) in [6.07, 6.45) is 1.67. The van der Waals surface area contributed by atoms with E-state index in [9.17, 15) is 14.0 Å². The molecular weight excluding hydrogens is 375 g/mol. The number of carbonyl (C=O) groups is 2. The fraction of sp³-hybridized carbons (Fsp3) is 0.500. The summed E-state index contributed by atoms with van der Waals surface area (Å²) < 4.78 is 24.4. The second-order valence-electron chi connectivity index (χ2n) is 7.85. The first kappa shape index (κ1) is 22.6. The van der Waals surface area contributed by atoms with Gasteiger partial charge < -0.3 is 14.1 Å². The maximum atomic E-state index is 13.8. The number of aryl methyl sites for hydroxylation is 1. The summed E-state index contributed by atoms with van der Waals surface area (Å²) in [6, 6.07) is 6.24. The number of carbonyl (C=O) groups excluding carboxylic acids is 2. The molecule has 0 aliphatic heterocycles. The summed E-state index contributed by atoms with van der Waals surface area (Å²) in [7, 11) is 0. The molecule has 0 aliphatic carbocycles. The molecule has 29 heavy (non-hydrogen) atoms. The van der Waals surface area contributed by atoms with Crippen molar-refractivity contribution in [2.75, 3.05) is 19.7 Å². The third-order valence-electron chi connectivity index (χ3n) is 4.12. The number of amides is 1. The molecule has 1 amide bonds. The molecule has 0 unspecified atom stereocenters. The number of hydrogen-bond acceptors (Lipinski definition) is 5. The Morgan fingerprint density at radius 2 is 1.79 bits per heavy atom. The topological polar surface area (TPSA) is 72.6 Å². The molecule has 0 spiro atoms. The molecule has 1 aromatic carbocycles. The largest absolute Gasteiger partial charge is 0.456 e. The van der Waals surface area contributed by atoms with Crippen molar-refractivity contribution in [3.05, 3.63) is 42.2 Å². The third-order valence-corrected chi connectivity index (χ3v) is 4.12. The van der Waals surface area contributed by atoms with Crippen LogP contribution in [0.15, 0.2) is 34.9 Å². The number of hydrogen-bond donors (Lipinski definition) is 0. The highest BCUT2D eigenvalue weighted by Gasteiger charge is 2.18. The minimum atomic E-state index is -0.502. The number of rotatable bonds is 10. The molecule has 0 saturated carbocycles. The van der Waals surface area contributed by atoms with Gasteiger partial charge in [0.2, 0.25) is 0 Å². The molecule has 0 atom stereocenters. The maximum absolute atomic E-state index is 13.8. The molecule has 7 heteroatoms. The molecule has 2 rings (SSSR count). The first-order valence-corrected chi connectivity index (χ1v) is 9.89. The van der Waals surface area contributed by atoms with Gasteiger partial charge in [-0.1, -0.05) is 39.8 Å². The Morgan fingerprint density at radius 1 is 1.14 bits per heavy atom. The molecule has 158 valence electrons. The summed E-state index contributed by atoms with van der Waals surface area (Å²) in [5, 5.41) is 0. The summed E-state index contributed by atoms with van der Waals surface area (Å²) >= 11 is 0. The molecule has 0 N–H and O–H groups in total. The van der Waals surface area contributed by atoms with Crippen LogP contribution in [0.4, 0.5) is 4.39 Å². The third kappa shape index (κ3) is 7.33. The van der Waals surface area contributed by atoms with Gasteiger partial charge in [0.05, 0.1) is 18.2 Å². The Bertz CT molecular complexity index is 807. The lowest BCUT2D eigenvalue weighted by molar-refractivity contribution is -0.152. The van der Waals surface area contributed by atoms with E-state index in [2.05, 4.69) is 4.98 Å². The predicted molar refractivity (Wildman–Crippen MR) is 107 cm³/mol. The number of ether oxygens (including phenoxy) is 1. The van der Waals surface area contributed by atoms with Crippen LogP contribution in [-0.4, -0.2) is 41.5 Å². The normalized spacial score (nSPS) is 11.1. The molecule has 0 bridgehead atoms. The van der Waals surface area contributed by atoms with Crippen LogP contribution in [-0.2, 0) is 20.7 Å². The standard InChI is InChI=1S/C22H29FN2O4/c1-15(2)12-25(13-16(3)4)21(26)14-28-22(27)10-9-20-24-11-19(29-20)17-7-5-6-8-18(17)23/h5-8,11,15-16H,9-10,12-14H2,1-4H3. The Balaban J connectivity index is 1.82. The van der Waals surface area contributed by atoms with Crippen LogP contribution >= 0.6 is 0 Å². The van der Waals surface area contributed by atoms with Crippen molar-refractivity contribution < 1.29 is 23.1 Å². The van der Waals surface area contributed by atoms with E-state index in [1.54, 1.807) is 23.1 Å². The Morgan fingerprint density at radius 3 is 2.41 bits per heavy atom. The number of aromatic nitrogens is 1. The fourth-order valence-corrected chi connectivity index (χ4v) is 2.89. The average Bonchev–Trinajstić information content (AvgIpc) is 3.12. The van der Waals surface area contributed by atoms with Gasteiger partial charge in [-0.2, -0.15) is 0 Å². The van der Waals surface area contributed by atoms with Crippen molar-refractivity contribution in [1.82, 2.24) is 9.88 Å². The van der Waals surface area contributed by atoms with Crippen LogP contribution in [0.3, 0.4) is 0 Å². The van der Waals surface area contributed by atoms with Crippen molar-refractivity contribution in [1.29, 1.82) is 0 Å². The Kier molecular flexibility index (Phi) is 8.36. The second kappa shape index (κ2) is 10.7. The van der Waals surface area contributed by atoms with Crippen molar-refractivity contribution >= 4 is 11.9 Å². The molecule has 0 fully saturated rings. The molecule has 1 heterocycles. The minimum Gasteiger partial charge on any atom is -0.456 e. The van der Waals surface area contributed by atoms with E-state index < -0.39 is 11.8 Å². The van der Waals surface area contributed by atoms with Crippen molar-refractivity contribution in [2.45, 2.75) is 40.5 Å². The molecule has 6 nitrogen and oxygen atoms in total. The van der Waals surface area contributed by atoms with Crippen molar-refractivity contribution in [2.24, 2.45) is 11.8 Å². The van der Waals surface area contributed by atoms with Gasteiger partial charge >= 0.3 is 5.97 Å². The van der Waals surface area contributed by atoms with Gasteiger partial charge in [-0.15, -0.1) is 0 Å². The monoisotopic (exact) mass is 404 g/mol. The Labute approximate surface area is 171 Å². The molecule has 0 radical (unpaired) electrons. The number of esters is 1. The van der Waals surface area contributed by atoms with E-state index in [1.165, 1.54) is 12.3 Å². The zero-order valence-corrected chi connectivity index (χ0v) is 17.5. The number of halogens is 1.